The van der Waals surface area contributed by atoms with Crippen LogP contribution in [0.1, 0.15) is 25.3 Å². The van der Waals surface area contributed by atoms with Gasteiger partial charge >= 0.3 is 0 Å². The van der Waals surface area contributed by atoms with Crippen molar-refractivity contribution in [2.75, 3.05) is 12.8 Å². The van der Waals surface area contributed by atoms with Gasteiger partial charge in [-0.3, -0.25) is 0 Å². The standard InChI is InChI=1S/C10H14BrNO/c1-6(2)8-4-7(11)5-9(12)10(8)13-3/h4-6H,12H2,1-3H3. The smallest absolute Gasteiger partial charge is 0.145 e. The second-order valence-electron chi connectivity index (χ2n) is 3.27. The van der Waals surface area contributed by atoms with E-state index in [0.29, 0.717) is 11.6 Å². The number of anilines is 1. The Balaban J connectivity index is 3.29. The molecule has 3 heteroatoms. The van der Waals surface area contributed by atoms with Crippen molar-refractivity contribution in [3.63, 3.8) is 0 Å². The van der Waals surface area contributed by atoms with Gasteiger partial charge in [-0.2, -0.15) is 0 Å². The molecule has 0 bridgehead atoms. The first-order valence-electron chi connectivity index (χ1n) is 4.19. The highest BCUT2D eigenvalue weighted by molar-refractivity contribution is 9.10. The monoisotopic (exact) mass is 243 g/mol. The normalized spacial score (nSPS) is 10.5. The number of methoxy groups -OCH3 is 1. The molecular formula is C10H14BrNO. The average molecular weight is 244 g/mol. The molecule has 0 fully saturated rings. The summed E-state index contributed by atoms with van der Waals surface area (Å²) in [7, 11) is 1.64. The lowest BCUT2D eigenvalue weighted by molar-refractivity contribution is 0.409. The first-order chi connectivity index (χ1) is 6.06. The Hall–Kier alpha value is -0.700. The summed E-state index contributed by atoms with van der Waals surface area (Å²) >= 11 is 3.41. The minimum absolute atomic E-state index is 0.412. The molecule has 0 aromatic heterocycles. The lowest BCUT2D eigenvalue weighted by atomic mass is 10.0. The fraction of sp³-hybridized carbons (Fsp3) is 0.400. The molecule has 13 heavy (non-hydrogen) atoms. The third-order valence-electron chi connectivity index (χ3n) is 1.94. The minimum atomic E-state index is 0.412. The van der Waals surface area contributed by atoms with Crippen LogP contribution in [-0.4, -0.2) is 7.11 Å². The van der Waals surface area contributed by atoms with Crippen LogP contribution in [0.2, 0.25) is 0 Å². The van der Waals surface area contributed by atoms with E-state index in [-0.39, 0.29) is 0 Å². The minimum Gasteiger partial charge on any atom is -0.494 e. The summed E-state index contributed by atoms with van der Waals surface area (Å²) in [6, 6.07) is 3.89. The molecule has 0 spiro atoms. The van der Waals surface area contributed by atoms with E-state index in [1.807, 2.05) is 12.1 Å². The second-order valence-corrected chi connectivity index (χ2v) is 4.19. The van der Waals surface area contributed by atoms with Crippen LogP contribution in [0.15, 0.2) is 16.6 Å². The quantitative estimate of drug-likeness (QED) is 0.811. The second kappa shape index (κ2) is 4.01. The zero-order chi connectivity index (χ0) is 10.0. The van der Waals surface area contributed by atoms with Crippen molar-refractivity contribution < 1.29 is 4.74 Å². The summed E-state index contributed by atoms with van der Waals surface area (Å²) in [5, 5.41) is 0. The number of nitrogens with two attached hydrogens (primary N) is 1. The molecule has 0 amide bonds. The maximum absolute atomic E-state index is 5.82. The van der Waals surface area contributed by atoms with E-state index in [9.17, 15) is 0 Å². The number of ether oxygens (including phenoxy) is 1. The average Bonchev–Trinajstić information content (AvgIpc) is 2.02. The Kier molecular flexibility index (Phi) is 3.20. The first-order valence-corrected chi connectivity index (χ1v) is 4.98. The van der Waals surface area contributed by atoms with Crippen molar-refractivity contribution in [2.45, 2.75) is 19.8 Å². The predicted octanol–water partition coefficient (Wildman–Crippen LogP) is 3.16. The first kappa shape index (κ1) is 10.4. The zero-order valence-electron chi connectivity index (χ0n) is 8.10. The molecule has 0 saturated heterocycles. The predicted molar refractivity (Wildman–Crippen MR) is 59.2 cm³/mol. The Morgan fingerprint density at radius 2 is 2.00 bits per heavy atom. The van der Waals surface area contributed by atoms with Crippen LogP contribution in [0.25, 0.3) is 0 Å². The van der Waals surface area contributed by atoms with E-state index in [2.05, 4.69) is 29.8 Å². The molecule has 2 N–H and O–H groups in total. The molecule has 0 atom stereocenters. The number of hydrogen-bond donors (Lipinski definition) is 1. The molecule has 0 aliphatic heterocycles. The Bertz CT molecular complexity index is 310. The SMILES string of the molecule is COc1c(N)cc(Br)cc1C(C)C. The van der Waals surface area contributed by atoms with Crippen LogP contribution in [-0.2, 0) is 0 Å². The van der Waals surface area contributed by atoms with Gasteiger partial charge in [-0.05, 0) is 23.6 Å². The van der Waals surface area contributed by atoms with E-state index in [4.69, 9.17) is 10.5 Å². The van der Waals surface area contributed by atoms with Gasteiger partial charge in [-0.1, -0.05) is 29.8 Å². The van der Waals surface area contributed by atoms with E-state index in [1.165, 1.54) is 0 Å². The third-order valence-corrected chi connectivity index (χ3v) is 2.40. The van der Waals surface area contributed by atoms with Crippen molar-refractivity contribution >= 4 is 21.6 Å². The van der Waals surface area contributed by atoms with Gasteiger partial charge in [-0.15, -0.1) is 0 Å². The van der Waals surface area contributed by atoms with E-state index in [1.54, 1.807) is 7.11 Å². The molecule has 0 heterocycles. The Labute approximate surface area is 87.2 Å². The van der Waals surface area contributed by atoms with Gasteiger partial charge in [0.2, 0.25) is 0 Å². The summed E-state index contributed by atoms with van der Waals surface area (Å²) in [6.45, 7) is 4.23. The van der Waals surface area contributed by atoms with Crippen molar-refractivity contribution in [3.05, 3.63) is 22.2 Å². The van der Waals surface area contributed by atoms with Crippen LogP contribution in [0.3, 0.4) is 0 Å². The summed E-state index contributed by atoms with van der Waals surface area (Å²) in [5.74, 6) is 1.20. The molecule has 2 nitrogen and oxygen atoms in total. The molecule has 0 aliphatic carbocycles. The van der Waals surface area contributed by atoms with Gasteiger partial charge in [-0.25, -0.2) is 0 Å². The number of benzene rings is 1. The van der Waals surface area contributed by atoms with Crippen LogP contribution in [0, 0.1) is 0 Å². The molecule has 0 saturated carbocycles. The fourth-order valence-electron chi connectivity index (χ4n) is 1.30. The van der Waals surface area contributed by atoms with E-state index in [0.717, 1.165) is 15.8 Å². The van der Waals surface area contributed by atoms with Gasteiger partial charge in [0.15, 0.2) is 0 Å². The van der Waals surface area contributed by atoms with E-state index >= 15 is 0 Å². The molecule has 0 aliphatic rings. The lowest BCUT2D eigenvalue weighted by Crippen LogP contribution is -1.99. The summed E-state index contributed by atoms with van der Waals surface area (Å²) < 4.78 is 6.24. The number of hydrogen-bond acceptors (Lipinski definition) is 2. The van der Waals surface area contributed by atoms with Crippen molar-refractivity contribution in [3.8, 4) is 5.75 Å². The molecule has 1 rings (SSSR count). The van der Waals surface area contributed by atoms with Crippen LogP contribution >= 0.6 is 15.9 Å². The fourth-order valence-corrected chi connectivity index (χ4v) is 1.79. The number of rotatable bonds is 2. The highest BCUT2D eigenvalue weighted by atomic mass is 79.9. The van der Waals surface area contributed by atoms with Crippen molar-refractivity contribution in [1.29, 1.82) is 0 Å². The van der Waals surface area contributed by atoms with Gasteiger partial charge in [0.05, 0.1) is 12.8 Å². The summed E-state index contributed by atoms with van der Waals surface area (Å²) in [5.41, 5.74) is 7.63. The highest BCUT2D eigenvalue weighted by Crippen LogP contribution is 2.34. The van der Waals surface area contributed by atoms with Crippen molar-refractivity contribution in [2.24, 2.45) is 0 Å². The highest BCUT2D eigenvalue weighted by Gasteiger charge is 2.11. The van der Waals surface area contributed by atoms with Crippen LogP contribution < -0.4 is 10.5 Å². The maximum atomic E-state index is 5.82. The number of nitrogen functional groups attached to an aromatic ring is 1. The van der Waals surface area contributed by atoms with Crippen LogP contribution in [0.5, 0.6) is 5.75 Å². The largest absolute Gasteiger partial charge is 0.494 e. The number of halogens is 1. The van der Waals surface area contributed by atoms with Gasteiger partial charge in [0, 0.05) is 4.47 Å². The van der Waals surface area contributed by atoms with Gasteiger partial charge in [0.1, 0.15) is 5.75 Å². The Morgan fingerprint density at radius 1 is 1.38 bits per heavy atom. The molecule has 1 aromatic rings. The molecule has 0 unspecified atom stereocenters. The molecule has 72 valence electrons. The van der Waals surface area contributed by atoms with Gasteiger partial charge < -0.3 is 10.5 Å². The van der Waals surface area contributed by atoms with Crippen molar-refractivity contribution in [1.82, 2.24) is 0 Å². The third kappa shape index (κ3) is 2.15. The Morgan fingerprint density at radius 3 is 2.46 bits per heavy atom. The lowest BCUT2D eigenvalue weighted by Gasteiger charge is -2.14. The summed E-state index contributed by atoms with van der Waals surface area (Å²) in [4.78, 5) is 0. The van der Waals surface area contributed by atoms with Crippen LogP contribution in [0.4, 0.5) is 5.69 Å². The van der Waals surface area contributed by atoms with Gasteiger partial charge in [0.25, 0.3) is 0 Å². The molecule has 1 aromatic carbocycles. The topological polar surface area (TPSA) is 35.2 Å². The molecule has 0 radical (unpaired) electrons. The summed E-state index contributed by atoms with van der Waals surface area (Å²) in [6.07, 6.45) is 0. The molecular weight excluding hydrogens is 230 g/mol. The zero-order valence-corrected chi connectivity index (χ0v) is 9.68. The van der Waals surface area contributed by atoms with E-state index < -0.39 is 0 Å². The maximum Gasteiger partial charge on any atom is 0.145 e.